The van der Waals surface area contributed by atoms with Crippen LogP contribution in [0.3, 0.4) is 0 Å². The van der Waals surface area contributed by atoms with Gasteiger partial charge in [-0.25, -0.2) is 0 Å². The van der Waals surface area contributed by atoms with Crippen LogP contribution in [0.5, 0.6) is 0 Å². The number of nitrogens with zero attached hydrogens (tertiary/aromatic N) is 2. The summed E-state index contributed by atoms with van der Waals surface area (Å²) in [7, 11) is 0. The third-order valence-electron chi connectivity index (χ3n) is 4.14. The maximum Gasteiger partial charge on any atom is 0.221 e. The van der Waals surface area contributed by atoms with Crippen LogP contribution in [0, 0.1) is 6.92 Å². The molecule has 0 bridgehead atoms. The highest BCUT2D eigenvalue weighted by atomic mass is 35.5. The van der Waals surface area contributed by atoms with Crippen LogP contribution < -0.4 is 16.0 Å². The second-order valence-corrected chi connectivity index (χ2v) is 7.18. The molecule has 0 aliphatic carbocycles. The van der Waals surface area contributed by atoms with Gasteiger partial charge in [-0.3, -0.25) is 9.69 Å². The lowest BCUT2D eigenvalue weighted by Crippen LogP contribution is -2.48. The lowest BCUT2D eigenvalue weighted by Gasteiger charge is -2.36. The Labute approximate surface area is 164 Å². The zero-order valence-electron chi connectivity index (χ0n) is 15.5. The van der Waals surface area contributed by atoms with Crippen molar-refractivity contribution in [1.82, 2.24) is 10.2 Å². The predicted octanol–water partition coefficient (Wildman–Crippen LogP) is 2.20. The first-order valence-corrected chi connectivity index (χ1v) is 8.43. The Morgan fingerprint density at radius 2 is 1.84 bits per heavy atom. The van der Waals surface area contributed by atoms with Crippen LogP contribution in [0.1, 0.15) is 25.8 Å². The largest absolute Gasteiger partial charge is 0.369 e. The molecule has 25 heavy (non-hydrogen) atoms. The normalized spacial score (nSPS) is 15.1. The maximum atomic E-state index is 11.9. The summed E-state index contributed by atoms with van der Waals surface area (Å²) >= 11 is 0. The Kier molecular flexibility index (Phi) is 10.4. The van der Waals surface area contributed by atoms with E-state index < -0.39 is 0 Å². The number of hydrogen-bond donors (Lipinski definition) is 2. The standard InChI is InChI=1S/C18H30N4O.2ClH/c1-15-5-4-6-16(13-15)22-11-9-21(10-12-22)8-7-17(23)20-14-18(2,3)19;;/h4-6,13H,7-12,14,19H2,1-3H3,(H,20,23);2*1H. The van der Waals surface area contributed by atoms with Crippen LogP contribution in [0.2, 0.25) is 0 Å². The molecule has 0 atom stereocenters. The van der Waals surface area contributed by atoms with E-state index >= 15 is 0 Å². The molecule has 1 saturated heterocycles. The number of aryl methyl sites for hydroxylation is 1. The highest BCUT2D eigenvalue weighted by Crippen LogP contribution is 2.17. The number of anilines is 1. The quantitative estimate of drug-likeness (QED) is 0.781. The van der Waals surface area contributed by atoms with Crippen molar-refractivity contribution in [3.63, 3.8) is 0 Å². The highest BCUT2D eigenvalue weighted by molar-refractivity contribution is 5.85. The molecule has 1 aliphatic rings. The fraction of sp³-hybridized carbons (Fsp3) is 0.611. The molecule has 1 aliphatic heterocycles. The van der Waals surface area contributed by atoms with Crippen LogP contribution >= 0.6 is 24.8 Å². The Morgan fingerprint density at radius 3 is 2.40 bits per heavy atom. The summed E-state index contributed by atoms with van der Waals surface area (Å²) in [5, 5.41) is 2.90. The van der Waals surface area contributed by atoms with Gasteiger partial charge in [-0.15, -0.1) is 24.8 Å². The molecule has 5 nitrogen and oxygen atoms in total. The number of nitrogens with two attached hydrogens (primary N) is 1. The van der Waals surface area contributed by atoms with Gasteiger partial charge < -0.3 is 16.0 Å². The number of amides is 1. The minimum absolute atomic E-state index is 0. The molecule has 7 heteroatoms. The SMILES string of the molecule is Cc1cccc(N2CCN(CCC(=O)NCC(C)(C)N)CC2)c1.Cl.Cl. The van der Waals surface area contributed by atoms with Crippen LogP contribution in [-0.2, 0) is 4.79 Å². The molecule has 1 fully saturated rings. The molecule has 1 heterocycles. The number of carbonyl (C=O) groups excluding carboxylic acids is 1. The summed E-state index contributed by atoms with van der Waals surface area (Å²) in [5.74, 6) is 0.0876. The number of rotatable bonds is 6. The van der Waals surface area contributed by atoms with Gasteiger partial charge in [-0.1, -0.05) is 12.1 Å². The molecular weight excluding hydrogens is 359 g/mol. The van der Waals surface area contributed by atoms with Gasteiger partial charge in [0.05, 0.1) is 0 Å². The lowest BCUT2D eigenvalue weighted by atomic mass is 10.1. The van der Waals surface area contributed by atoms with E-state index in [1.165, 1.54) is 11.3 Å². The van der Waals surface area contributed by atoms with Gasteiger partial charge in [-0.2, -0.15) is 0 Å². The first-order chi connectivity index (χ1) is 10.8. The van der Waals surface area contributed by atoms with Crippen molar-refractivity contribution >= 4 is 36.4 Å². The van der Waals surface area contributed by atoms with Crippen molar-refractivity contribution < 1.29 is 4.79 Å². The van der Waals surface area contributed by atoms with E-state index in [1.807, 2.05) is 13.8 Å². The number of carbonyl (C=O) groups is 1. The van der Waals surface area contributed by atoms with E-state index in [0.29, 0.717) is 13.0 Å². The van der Waals surface area contributed by atoms with Crippen molar-refractivity contribution in [2.75, 3.05) is 44.2 Å². The van der Waals surface area contributed by atoms with Crippen LogP contribution in [0.4, 0.5) is 5.69 Å². The molecule has 1 aromatic carbocycles. The number of benzene rings is 1. The van der Waals surface area contributed by atoms with Gasteiger partial charge in [0.25, 0.3) is 0 Å². The zero-order chi connectivity index (χ0) is 16.9. The number of hydrogen-bond acceptors (Lipinski definition) is 4. The topological polar surface area (TPSA) is 61.6 Å². The van der Waals surface area contributed by atoms with Crippen LogP contribution in [-0.4, -0.2) is 55.6 Å². The van der Waals surface area contributed by atoms with Gasteiger partial charge in [0.15, 0.2) is 0 Å². The Balaban J connectivity index is 0.00000288. The molecule has 0 spiro atoms. The summed E-state index contributed by atoms with van der Waals surface area (Å²) < 4.78 is 0. The van der Waals surface area contributed by atoms with E-state index in [9.17, 15) is 4.79 Å². The van der Waals surface area contributed by atoms with Gasteiger partial charge in [0, 0.05) is 56.9 Å². The summed E-state index contributed by atoms with van der Waals surface area (Å²) in [4.78, 5) is 16.6. The third-order valence-corrected chi connectivity index (χ3v) is 4.14. The van der Waals surface area contributed by atoms with Crippen molar-refractivity contribution in [1.29, 1.82) is 0 Å². The summed E-state index contributed by atoms with van der Waals surface area (Å²) in [6.07, 6.45) is 0.542. The van der Waals surface area contributed by atoms with Crippen molar-refractivity contribution in [3.8, 4) is 0 Å². The molecule has 0 radical (unpaired) electrons. The van der Waals surface area contributed by atoms with E-state index in [2.05, 4.69) is 46.3 Å². The van der Waals surface area contributed by atoms with E-state index in [0.717, 1.165) is 32.7 Å². The van der Waals surface area contributed by atoms with E-state index in [4.69, 9.17) is 5.73 Å². The zero-order valence-corrected chi connectivity index (χ0v) is 17.1. The minimum Gasteiger partial charge on any atom is -0.369 e. The number of halogens is 2. The molecule has 0 saturated carbocycles. The molecule has 3 N–H and O–H groups in total. The van der Waals surface area contributed by atoms with Gasteiger partial charge in [0.2, 0.25) is 5.91 Å². The second-order valence-electron chi connectivity index (χ2n) is 7.18. The smallest absolute Gasteiger partial charge is 0.221 e. The van der Waals surface area contributed by atoms with E-state index in [-0.39, 0.29) is 36.3 Å². The molecular formula is C18H32Cl2N4O. The van der Waals surface area contributed by atoms with Crippen molar-refractivity contribution in [3.05, 3.63) is 29.8 Å². The third kappa shape index (κ3) is 8.77. The average Bonchev–Trinajstić information content (AvgIpc) is 2.51. The monoisotopic (exact) mass is 390 g/mol. The van der Waals surface area contributed by atoms with Gasteiger partial charge in [-0.05, 0) is 38.5 Å². The molecule has 2 rings (SSSR count). The number of piperazine rings is 1. The molecule has 0 aromatic heterocycles. The van der Waals surface area contributed by atoms with Crippen LogP contribution in [0.25, 0.3) is 0 Å². The summed E-state index contributed by atoms with van der Waals surface area (Å²) in [6, 6.07) is 8.64. The maximum absolute atomic E-state index is 11.9. The first kappa shape index (κ1) is 24.0. The molecule has 144 valence electrons. The molecule has 0 unspecified atom stereocenters. The molecule has 1 amide bonds. The lowest BCUT2D eigenvalue weighted by molar-refractivity contribution is -0.121. The van der Waals surface area contributed by atoms with Crippen molar-refractivity contribution in [2.45, 2.75) is 32.7 Å². The average molecular weight is 391 g/mol. The van der Waals surface area contributed by atoms with Crippen LogP contribution in [0.15, 0.2) is 24.3 Å². The second kappa shape index (κ2) is 10.9. The fourth-order valence-corrected chi connectivity index (χ4v) is 2.73. The Bertz CT molecular complexity index is 526. The van der Waals surface area contributed by atoms with E-state index in [1.54, 1.807) is 0 Å². The van der Waals surface area contributed by atoms with Gasteiger partial charge in [0.1, 0.15) is 0 Å². The van der Waals surface area contributed by atoms with Crippen molar-refractivity contribution in [2.24, 2.45) is 5.73 Å². The number of nitrogens with one attached hydrogen (secondary N) is 1. The van der Waals surface area contributed by atoms with Gasteiger partial charge >= 0.3 is 0 Å². The predicted molar refractivity (Wildman–Crippen MR) is 110 cm³/mol. The fourth-order valence-electron chi connectivity index (χ4n) is 2.73. The summed E-state index contributed by atoms with van der Waals surface area (Å²) in [6.45, 7) is 11.3. The first-order valence-electron chi connectivity index (χ1n) is 8.43. The molecule has 1 aromatic rings. The Hall–Kier alpha value is -1.01. The highest BCUT2D eigenvalue weighted by Gasteiger charge is 2.18. The minimum atomic E-state index is -0.352. The summed E-state index contributed by atoms with van der Waals surface area (Å²) in [5.41, 5.74) is 8.12. The Morgan fingerprint density at radius 1 is 1.20 bits per heavy atom.